The molecule has 2 heterocycles. The second-order valence-electron chi connectivity index (χ2n) is 9.30. The summed E-state index contributed by atoms with van der Waals surface area (Å²) in [7, 11) is -3.92. The first kappa shape index (κ1) is 27.1. The summed E-state index contributed by atoms with van der Waals surface area (Å²) < 4.78 is 39.4. The van der Waals surface area contributed by atoms with Gasteiger partial charge in [-0.1, -0.05) is 36.4 Å². The van der Waals surface area contributed by atoms with Crippen molar-refractivity contribution in [3.63, 3.8) is 0 Å². The second kappa shape index (κ2) is 11.4. The molecule has 1 N–H and O–H groups in total. The van der Waals surface area contributed by atoms with Crippen LogP contribution in [0.2, 0.25) is 0 Å². The molecule has 1 aliphatic heterocycles. The molecule has 40 heavy (non-hydrogen) atoms. The summed E-state index contributed by atoms with van der Waals surface area (Å²) >= 11 is 0. The van der Waals surface area contributed by atoms with E-state index in [1.807, 2.05) is 38.1 Å². The van der Waals surface area contributed by atoms with Gasteiger partial charge in [-0.25, -0.2) is 8.42 Å². The highest BCUT2D eigenvalue weighted by Crippen LogP contribution is 2.46. The number of aromatic nitrogens is 1. The molecule has 0 saturated carbocycles. The molecule has 0 unspecified atom stereocenters. The second-order valence-corrected chi connectivity index (χ2v) is 11.0. The van der Waals surface area contributed by atoms with Crippen molar-refractivity contribution in [2.45, 2.75) is 32.6 Å². The molecule has 0 radical (unpaired) electrons. The minimum Gasteiger partial charge on any atom is -0.493 e. The van der Waals surface area contributed by atoms with Crippen LogP contribution in [-0.2, 0) is 33.5 Å². The number of amides is 2. The predicted octanol–water partition coefficient (Wildman–Crippen LogP) is 4.38. The van der Waals surface area contributed by atoms with E-state index in [0.29, 0.717) is 47.1 Å². The fourth-order valence-corrected chi connectivity index (χ4v) is 6.03. The minimum atomic E-state index is -3.92. The van der Waals surface area contributed by atoms with Gasteiger partial charge in [-0.15, -0.1) is 0 Å². The van der Waals surface area contributed by atoms with Crippen molar-refractivity contribution in [3.05, 3.63) is 95.3 Å². The molecular weight excluding hydrogens is 530 g/mol. The van der Waals surface area contributed by atoms with Gasteiger partial charge < -0.3 is 14.4 Å². The molecule has 206 valence electrons. The molecule has 5 rings (SSSR count). The zero-order valence-corrected chi connectivity index (χ0v) is 23.0. The lowest BCUT2D eigenvalue weighted by molar-refractivity contribution is -0.118. The SMILES string of the molecule is CCOc1c2c(c(OCC)c3ccccc13)C(=O)N(c1ccc(CS(=O)(=O)NC(=O)Cc3ccncc3)cc1)C2. The maximum absolute atomic E-state index is 13.7. The van der Waals surface area contributed by atoms with Gasteiger partial charge >= 0.3 is 0 Å². The van der Waals surface area contributed by atoms with E-state index in [4.69, 9.17) is 9.47 Å². The van der Waals surface area contributed by atoms with E-state index < -0.39 is 15.9 Å². The Bertz CT molecular complexity index is 1670. The quantitative estimate of drug-likeness (QED) is 0.307. The lowest BCUT2D eigenvalue weighted by atomic mass is 9.99. The molecule has 10 heteroatoms. The molecule has 0 aliphatic carbocycles. The average Bonchev–Trinajstić information content (AvgIpc) is 3.27. The molecule has 0 saturated heterocycles. The van der Waals surface area contributed by atoms with Gasteiger partial charge in [0.15, 0.2) is 0 Å². The fourth-order valence-electron chi connectivity index (χ4n) is 4.90. The highest BCUT2D eigenvalue weighted by atomic mass is 32.2. The summed E-state index contributed by atoms with van der Waals surface area (Å²) in [6.45, 7) is 4.92. The lowest BCUT2D eigenvalue weighted by Crippen LogP contribution is -2.32. The van der Waals surface area contributed by atoms with Gasteiger partial charge in [0.25, 0.3) is 5.91 Å². The van der Waals surface area contributed by atoms with Crippen molar-refractivity contribution in [3.8, 4) is 11.5 Å². The molecule has 4 aromatic rings. The molecule has 0 fully saturated rings. The summed E-state index contributed by atoms with van der Waals surface area (Å²) in [5.41, 5.74) is 2.99. The van der Waals surface area contributed by atoms with Crippen molar-refractivity contribution in [1.29, 1.82) is 0 Å². The van der Waals surface area contributed by atoms with E-state index >= 15 is 0 Å². The number of carbonyl (C=O) groups is 2. The third-order valence-corrected chi connectivity index (χ3v) is 7.81. The van der Waals surface area contributed by atoms with Gasteiger partial charge in [0, 0.05) is 34.4 Å². The Morgan fingerprint density at radius 3 is 2.17 bits per heavy atom. The largest absolute Gasteiger partial charge is 0.493 e. The number of fused-ring (bicyclic) bond motifs is 2. The first-order valence-electron chi connectivity index (χ1n) is 13.0. The monoisotopic (exact) mass is 559 g/mol. The molecular formula is C30H29N3O6S. The number of pyridine rings is 1. The molecule has 0 bridgehead atoms. The van der Waals surface area contributed by atoms with Crippen LogP contribution in [0.4, 0.5) is 5.69 Å². The molecule has 0 spiro atoms. The maximum Gasteiger partial charge on any atom is 0.262 e. The third-order valence-electron chi connectivity index (χ3n) is 6.56. The Morgan fingerprint density at radius 2 is 1.52 bits per heavy atom. The Balaban J connectivity index is 1.37. The molecule has 0 atom stereocenters. The number of nitrogens with one attached hydrogen (secondary N) is 1. The van der Waals surface area contributed by atoms with E-state index in [2.05, 4.69) is 9.71 Å². The first-order chi connectivity index (χ1) is 19.3. The average molecular weight is 560 g/mol. The normalized spacial score (nSPS) is 12.8. The smallest absolute Gasteiger partial charge is 0.262 e. The highest BCUT2D eigenvalue weighted by molar-refractivity contribution is 7.89. The number of hydrogen-bond acceptors (Lipinski definition) is 7. The minimum absolute atomic E-state index is 0.0687. The number of rotatable bonds is 10. The summed E-state index contributed by atoms with van der Waals surface area (Å²) in [5, 5.41) is 1.70. The summed E-state index contributed by atoms with van der Waals surface area (Å²) in [6.07, 6.45) is 3.01. The third kappa shape index (κ3) is 5.48. The van der Waals surface area contributed by atoms with Gasteiger partial charge in [-0.05, 0) is 49.2 Å². The first-order valence-corrected chi connectivity index (χ1v) is 14.6. The van der Waals surface area contributed by atoms with E-state index in [9.17, 15) is 18.0 Å². The Kier molecular flexibility index (Phi) is 7.70. The number of hydrogen-bond donors (Lipinski definition) is 1. The fraction of sp³-hybridized carbons (Fsp3) is 0.233. The zero-order valence-electron chi connectivity index (χ0n) is 22.2. The van der Waals surface area contributed by atoms with E-state index in [0.717, 1.165) is 16.3 Å². The highest BCUT2D eigenvalue weighted by Gasteiger charge is 2.36. The summed E-state index contributed by atoms with van der Waals surface area (Å²) in [4.78, 5) is 31.5. The van der Waals surface area contributed by atoms with E-state index in [1.54, 1.807) is 53.7 Å². The molecule has 3 aromatic carbocycles. The number of nitrogens with zero attached hydrogens (tertiary/aromatic N) is 2. The van der Waals surface area contributed by atoms with Crippen molar-refractivity contribution >= 4 is 38.3 Å². The molecule has 1 aliphatic rings. The van der Waals surface area contributed by atoms with Gasteiger partial charge in [0.2, 0.25) is 15.9 Å². The topological polar surface area (TPSA) is 115 Å². The Hall–Kier alpha value is -4.44. The van der Waals surface area contributed by atoms with Crippen LogP contribution in [0.3, 0.4) is 0 Å². The van der Waals surface area contributed by atoms with Crippen LogP contribution in [0.1, 0.15) is 40.9 Å². The lowest BCUT2D eigenvalue weighted by Gasteiger charge is -2.16. The van der Waals surface area contributed by atoms with Crippen molar-refractivity contribution < 1.29 is 27.5 Å². The molecule has 2 amide bonds. The number of carbonyl (C=O) groups excluding carboxylic acids is 2. The Morgan fingerprint density at radius 1 is 0.900 bits per heavy atom. The maximum atomic E-state index is 13.7. The Labute approximate surface area is 232 Å². The summed E-state index contributed by atoms with van der Waals surface area (Å²) in [6, 6.07) is 17.7. The van der Waals surface area contributed by atoms with E-state index in [1.165, 1.54) is 0 Å². The molecule has 1 aromatic heterocycles. The van der Waals surface area contributed by atoms with Crippen LogP contribution in [0, 0.1) is 0 Å². The van der Waals surface area contributed by atoms with Crippen LogP contribution in [0.5, 0.6) is 11.5 Å². The van der Waals surface area contributed by atoms with Crippen LogP contribution in [-0.4, -0.2) is 38.4 Å². The summed E-state index contributed by atoms with van der Waals surface area (Å²) in [5.74, 6) is -0.00982. The van der Waals surface area contributed by atoms with Crippen LogP contribution in [0.15, 0.2) is 73.1 Å². The zero-order chi connectivity index (χ0) is 28.3. The number of benzene rings is 3. The standard InChI is InChI=1S/C30H29N3O6S/c1-3-38-28-23-7-5-6-8-24(23)29(39-4-2)27-25(28)18-33(30(27)35)22-11-9-21(10-12-22)19-40(36,37)32-26(34)17-20-13-15-31-16-14-20/h5-16H,3-4,17-19H2,1-2H3,(H,32,34). The number of ether oxygens (including phenoxy) is 2. The van der Waals surface area contributed by atoms with Crippen LogP contribution < -0.4 is 19.1 Å². The van der Waals surface area contributed by atoms with Gasteiger partial charge in [0.1, 0.15) is 11.5 Å². The number of sulfonamides is 1. The van der Waals surface area contributed by atoms with Gasteiger partial charge in [-0.3, -0.25) is 19.3 Å². The van der Waals surface area contributed by atoms with Crippen molar-refractivity contribution in [1.82, 2.24) is 9.71 Å². The van der Waals surface area contributed by atoms with Crippen LogP contribution >= 0.6 is 0 Å². The molecule has 9 nitrogen and oxygen atoms in total. The van der Waals surface area contributed by atoms with Crippen molar-refractivity contribution in [2.75, 3.05) is 18.1 Å². The van der Waals surface area contributed by atoms with Crippen molar-refractivity contribution in [2.24, 2.45) is 0 Å². The predicted molar refractivity (Wildman–Crippen MR) is 152 cm³/mol. The number of anilines is 1. The van der Waals surface area contributed by atoms with E-state index in [-0.39, 0.29) is 24.6 Å². The van der Waals surface area contributed by atoms with Gasteiger partial charge in [0.05, 0.1) is 37.5 Å². The van der Waals surface area contributed by atoms with Gasteiger partial charge in [-0.2, -0.15) is 0 Å². The van der Waals surface area contributed by atoms with Crippen LogP contribution in [0.25, 0.3) is 10.8 Å².